The zero-order valence-corrected chi connectivity index (χ0v) is 11.0. The fraction of sp³-hybridized carbons (Fsp3) is 0.429. The van der Waals surface area contributed by atoms with Crippen LogP contribution in [-0.2, 0) is 7.05 Å². The Morgan fingerprint density at radius 1 is 1.29 bits per heavy atom. The Bertz CT molecular complexity index is 498. The summed E-state index contributed by atoms with van der Waals surface area (Å²) in [5.74, 6) is 0.694. The van der Waals surface area contributed by atoms with Gasteiger partial charge in [-0.05, 0) is 43.0 Å². The molecular formula is C14H19ClN2. The first-order valence-electron chi connectivity index (χ1n) is 6.11. The van der Waals surface area contributed by atoms with Crippen LogP contribution in [-0.4, -0.2) is 17.7 Å². The number of fused-ring (bicyclic) bond motifs is 1. The van der Waals surface area contributed by atoms with Crippen molar-refractivity contribution in [3.8, 4) is 0 Å². The van der Waals surface area contributed by atoms with Gasteiger partial charge in [-0.25, -0.2) is 0 Å². The lowest BCUT2D eigenvalue weighted by molar-refractivity contribution is 0.463. The Morgan fingerprint density at radius 3 is 2.94 bits per heavy atom. The number of aromatic nitrogens is 1. The molecule has 1 saturated heterocycles. The van der Waals surface area contributed by atoms with Crippen molar-refractivity contribution in [3.63, 3.8) is 0 Å². The van der Waals surface area contributed by atoms with Crippen molar-refractivity contribution < 1.29 is 0 Å². The van der Waals surface area contributed by atoms with E-state index in [4.69, 9.17) is 0 Å². The molecule has 1 aliphatic heterocycles. The summed E-state index contributed by atoms with van der Waals surface area (Å²) in [7, 11) is 2.12. The number of halogens is 1. The van der Waals surface area contributed by atoms with Crippen LogP contribution in [0.15, 0.2) is 30.5 Å². The van der Waals surface area contributed by atoms with Gasteiger partial charge in [-0.15, -0.1) is 12.4 Å². The molecule has 1 fully saturated rings. The van der Waals surface area contributed by atoms with E-state index in [1.54, 1.807) is 0 Å². The van der Waals surface area contributed by atoms with E-state index in [2.05, 4.69) is 47.4 Å². The van der Waals surface area contributed by atoms with Crippen LogP contribution in [0.1, 0.15) is 24.3 Å². The quantitative estimate of drug-likeness (QED) is 0.823. The summed E-state index contributed by atoms with van der Waals surface area (Å²) in [5.41, 5.74) is 2.87. The minimum atomic E-state index is 0. The minimum absolute atomic E-state index is 0. The molecule has 1 atom stereocenters. The van der Waals surface area contributed by atoms with Crippen LogP contribution in [0.25, 0.3) is 10.9 Å². The van der Waals surface area contributed by atoms with Crippen molar-refractivity contribution in [3.05, 3.63) is 36.0 Å². The molecule has 0 bridgehead atoms. The molecule has 0 radical (unpaired) electrons. The lowest BCUT2D eigenvalue weighted by Gasteiger charge is -2.23. The van der Waals surface area contributed by atoms with Crippen LogP contribution in [0.5, 0.6) is 0 Å². The number of aryl methyl sites for hydroxylation is 1. The molecule has 2 aromatic rings. The van der Waals surface area contributed by atoms with E-state index in [-0.39, 0.29) is 12.4 Å². The highest BCUT2D eigenvalue weighted by molar-refractivity contribution is 5.85. The third kappa shape index (κ3) is 2.20. The highest BCUT2D eigenvalue weighted by Crippen LogP contribution is 2.30. The van der Waals surface area contributed by atoms with Crippen LogP contribution in [0.4, 0.5) is 0 Å². The smallest absolute Gasteiger partial charge is 0.0480 e. The monoisotopic (exact) mass is 250 g/mol. The van der Waals surface area contributed by atoms with Crippen LogP contribution < -0.4 is 5.32 Å². The number of benzene rings is 1. The van der Waals surface area contributed by atoms with Gasteiger partial charge in [0.2, 0.25) is 0 Å². The van der Waals surface area contributed by atoms with Crippen molar-refractivity contribution in [2.24, 2.45) is 7.05 Å². The van der Waals surface area contributed by atoms with Gasteiger partial charge in [0.15, 0.2) is 0 Å². The number of piperidine rings is 1. The van der Waals surface area contributed by atoms with E-state index in [0.29, 0.717) is 5.92 Å². The molecule has 92 valence electrons. The topological polar surface area (TPSA) is 17.0 Å². The molecule has 2 heterocycles. The molecule has 1 aliphatic rings. The molecule has 17 heavy (non-hydrogen) atoms. The van der Waals surface area contributed by atoms with Gasteiger partial charge in [-0.1, -0.05) is 12.1 Å². The SMILES string of the molecule is Cl.Cn1ccc2c(C3CCCNC3)cccc21. The van der Waals surface area contributed by atoms with E-state index in [1.165, 1.54) is 35.9 Å². The maximum Gasteiger partial charge on any atom is 0.0480 e. The van der Waals surface area contributed by atoms with Crippen molar-refractivity contribution >= 4 is 23.3 Å². The average Bonchev–Trinajstić information content (AvgIpc) is 2.73. The second-order valence-electron chi connectivity index (χ2n) is 4.75. The molecule has 3 heteroatoms. The Hall–Kier alpha value is -0.990. The third-order valence-corrected chi connectivity index (χ3v) is 3.70. The molecule has 2 nitrogen and oxygen atoms in total. The maximum atomic E-state index is 3.50. The van der Waals surface area contributed by atoms with Gasteiger partial charge in [0.25, 0.3) is 0 Å². The predicted molar refractivity (Wildman–Crippen MR) is 75.0 cm³/mol. The van der Waals surface area contributed by atoms with Crippen LogP contribution in [0, 0.1) is 0 Å². The molecule has 0 aliphatic carbocycles. The first-order chi connectivity index (χ1) is 7.86. The van der Waals surface area contributed by atoms with Crippen molar-refractivity contribution in [2.45, 2.75) is 18.8 Å². The summed E-state index contributed by atoms with van der Waals surface area (Å²) >= 11 is 0. The summed E-state index contributed by atoms with van der Waals surface area (Å²) in [5, 5.41) is 4.93. The minimum Gasteiger partial charge on any atom is -0.351 e. The summed E-state index contributed by atoms with van der Waals surface area (Å²) < 4.78 is 2.20. The van der Waals surface area contributed by atoms with E-state index in [1.807, 2.05) is 0 Å². The lowest BCUT2D eigenvalue weighted by Crippen LogP contribution is -2.28. The van der Waals surface area contributed by atoms with Crippen LogP contribution in [0.3, 0.4) is 0 Å². The summed E-state index contributed by atoms with van der Waals surface area (Å²) in [4.78, 5) is 0. The summed E-state index contributed by atoms with van der Waals surface area (Å²) in [6.07, 6.45) is 4.78. The molecule has 0 amide bonds. The molecule has 0 spiro atoms. The number of hydrogen-bond donors (Lipinski definition) is 1. The standard InChI is InChI=1S/C14H18N2.ClH/c1-16-9-7-13-12(5-2-6-14(13)16)11-4-3-8-15-10-11;/h2,5-7,9,11,15H,3-4,8,10H2,1H3;1H. The van der Waals surface area contributed by atoms with Crippen LogP contribution in [0.2, 0.25) is 0 Å². The highest BCUT2D eigenvalue weighted by atomic mass is 35.5. The Kier molecular flexibility index (Phi) is 3.75. The fourth-order valence-corrected chi connectivity index (χ4v) is 2.80. The Balaban J connectivity index is 0.00000108. The predicted octanol–water partition coefficient (Wildman–Crippen LogP) is 3.07. The normalized spacial score (nSPS) is 20.2. The summed E-state index contributed by atoms with van der Waals surface area (Å²) in [6, 6.07) is 8.93. The Labute approximate surface area is 108 Å². The molecule has 1 unspecified atom stereocenters. The van der Waals surface area contributed by atoms with E-state index < -0.39 is 0 Å². The number of rotatable bonds is 1. The second-order valence-corrected chi connectivity index (χ2v) is 4.75. The number of nitrogens with zero attached hydrogens (tertiary/aromatic N) is 1. The van der Waals surface area contributed by atoms with Gasteiger partial charge in [0.1, 0.15) is 0 Å². The molecule has 3 rings (SSSR count). The molecule has 0 saturated carbocycles. The summed E-state index contributed by atoms with van der Waals surface area (Å²) in [6.45, 7) is 2.31. The lowest BCUT2D eigenvalue weighted by atomic mass is 9.89. The first kappa shape index (κ1) is 12.5. The highest BCUT2D eigenvalue weighted by Gasteiger charge is 2.17. The van der Waals surface area contributed by atoms with Gasteiger partial charge in [-0.2, -0.15) is 0 Å². The molecule has 1 N–H and O–H groups in total. The van der Waals surface area contributed by atoms with Crippen LogP contribution >= 0.6 is 12.4 Å². The molecule has 1 aromatic carbocycles. The zero-order valence-electron chi connectivity index (χ0n) is 10.1. The van der Waals surface area contributed by atoms with Gasteiger partial charge >= 0.3 is 0 Å². The molecule has 1 aromatic heterocycles. The third-order valence-electron chi connectivity index (χ3n) is 3.70. The van der Waals surface area contributed by atoms with Gasteiger partial charge < -0.3 is 9.88 Å². The Morgan fingerprint density at radius 2 is 2.18 bits per heavy atom. The van der Waals surface area contributed by atoms with Gasteiger partial charge in [0.05, 0.1) is 0 Å². The average molecular weight is 251 g/mol. The zero-order chi connectivity index (χ0) is 11.0. The second kappa shape index (κ2) is 5.11. The van der Waals surface area contributed by atoms with Crippen molar-refractivity contribution in [2.75, 3.05) is 13.1 Å². The maximum absolute atomic E-state index is 3.50. The van der Waals surface area contributed by atoms with E-state index >= 15 is 0 Å². The van der Waals surface area contributed by atoms with E-state index in [9.17, 15) is 0 Å². The van der Waals surface area contributed by atoms with E-state index in [0.717, 1.165) is 6.54 Å². The number of hydrogen-bond acceptors (Lipinski definition) is 1. The van der Waals surface area contributed by atoms with Crippen molar-refractivity contribution in [1.82, 2.24) is 9.88 Å². The van der Waals surface area contributed by atoms with Crippen molar-refractivity contribution in [1.29, 1.82) is 0 Å². The van der Waals surface area contributed by atoms with Gasteiger partial charge in [-0.3, -0.25) is 0 Å². The largest absolute Gasteiger partial charge is 0.351 e. The fourth-order valence-electron chi connectivity index (χ4n) is 2.80. The molecular weight excluding hydrogens is 232 g/mol. The number of nitrogens with one attached hydrogen (secondary N) is 1. The first-order valence-corrected chi connectivity index (χ1v) is 6.11. The van der Waals surface area contributed by atoms with Gasteiger partial charge in [0, 0.05) is 30.7 Å².